The highest BCUT2D eigenvalue weighted by atomic mass is 16.5. The van der Waals surface area contributed by atoms with E-state index in [9.17, 15) is 4.79 Å². The highest BCUT2D eigenvalue weighted by molar-refractivity contribution is 5.73. The SMILES string of the molecule is CCNC(=O)NCC(C)OCC. The summed E-state index contributed by atoms with van der Waals surface area (Å²) in [7, 11) is 0. The second-order valence-corrected chi connectivity index (χ2v) is 2.51. The average molecular weight is 174 g/mol. The average Bonchev–Trinajstić information content (AvgIpc) is 2.02. The summed E-state index contributed by atoms with van der Waals surface area (Å²) in [6.45, 7) is 7.62. The van der Waals surface area contributed by atoms with Crippen molar-refractivity contribution >= 4 is 6.03 Å². The Balaban J connectivity index is 3.33. The lowest BCUT2D eigenvalue weighted by atomic mass is 10.4. The normalized spacial score (nSPS) is 12.2. The maximum Gasteiger partial charge on any atom is 0.314 e. The van der Waals surface area contributed by atoms with Gasteiger partial charge in [-0.3, -0.25) is 0 Å². The van der Waals surface area contributed by atoms with Crippen LogP contribution in [0.5, 0.6) is 0 Å². The van der Waals surface area contributed by atoms with Crippen molar-refractivity contribution in [1.82, 2.24) is 10.6 Å². The largest absolute Gasteiger partial charge is 0.377 e. The predicted molar refractivity (Wildman–Crippen MR) is 48.2 cm³/mol. The Bertz CT molecular complexity index is 128. The van der Waals surface area contributed by atoms with Gasteiger partial charge in [0.25, 0.3) is 0 Å². The van der Waals surface area contributed by atoms with Gasteiger partial charge in [-0.2, -0.15) is 0 Å². The predicted octanol–water partition coefficient (Wildman–Crippen LogP) is 0.730. The molecule has 0 aliphatic carbocycles. The van der Waals surface area contributed by atoms with E-state index in [1.807, 2.05) is 20.8 Å². The molecule has 1 atom stereocenters. The van der Waals surface area contributed by atoms with Crippen LogP contribution in [0.1, 0.15) is 20.8 Å². The molecule has 0 spiro atoms. The van der Waals surface area contributed by atoms with Crippen LogP contribution in [0, 0.1) is 0 Å². The van der Waals surface area contributed by atoms with E-state index in [1.54, 1.807) is 0 Å². The first-order valence-electron chi connectivity index (χ1n) is 4.34. The summed E-state index contributed by atoms with van der Waals surface area (Å²) >= 11 is 0. The van der Waals surface area contributed by atoms with Crippen LogP contribution in [0.2, 0.25) is 0 Å². The molecule has 2 amide bonds. The van der Waals surface area contributed by atoms with Crippen molar-refractivity contribution in [3.05, 3.63) is 0 Å². The summed E-state index contributed by atoms with van der Waals surface area (Å²) in [5.41, 5.74) is 0. The zero-order chi connectivity index (χ0) is 9.40. The van der Waals surface area contributed by atoms with Crippen LogP contribution in [0.15, 0.2) is 0 Å². The lowest BCUT2D eigenvalue weighted by Gasteiger charge is -2.12. The van der Waals surface area contributed by atoms with Crippen molar-refractivity contribution in [1.29, 1.82) is 0 Å². The van der Waals surface area contributed by atoms with E-state index in [4.69, 9.17) is 4.74 Å². The third-order valence-corrected chi connectivity index (χ3v) is 1.34. The molecule has 0 bridgehead atoms. The van der Waals surface area contributed by atoms with Crippen LogP contribution in [-0.2, 0) is 4.74 Å². The first-order valence-corrected chi connectivity index (χ1v) is 4.34. The van der Waals surface area contributed by atoms with Crippen LogP contribution < -0.4 is 10.6 Å². The zero-order valence-corrected chi connectivity index (χ0v) is 8.02. The maximum absolute atomic E-state index is 10.9. The number of urea groups is 1. The Kier molecular flexibility index (Phi) is 6.47. The molecule has 0 aromatic rings. The maximum atomic E-state index is 10.9. The Morgan fingerprint density at radius 1 is 1.42 bits per heavy atom. The molecule has 0 fully saturated rings. The molecule has 0 aliphatic heterocycles. The number of carbonyl (C=O) groups excluding carboxylic acids is 1. The van der Waals surface area contributed by atoms with Gasteiger partial charge in [-0.15, -0.1) is 0 Å². The molecule has 0 heterocycles. The Morgan fingerprint density at radius 2 is 2.08 bits per heavy atom. The number of hydrogen-bond acceptors (Lipinski definition) is 2. The van der Waals surface area contributed by atoms with E-state index in [0.717, 1.165) is 0 Å². The molecular weight excluding hydrogens is 156 g/mol. The van der Waals surface area contributed by atoms with Crippen LogP contribution >= 0.6 is 0 Å². The third-order valence-electron chi connectivity index (χ3n) is 1.34. The molecule has 0 radical (unpaired) electrons. The second-order valence-electron chi connectivity index (χ2n) is 2.51. The van der Waals surface area contributed by atoms with Gasteiger partial charge in [-0.25, -0.2) is 4.79 Å². The van der Waals surface area contributed by atoms with Crippen molar-refractivity contribution in [3.63, 3.8) is 0 Å². The molecule has 2 N–H and O–H groups in total. The second kappa shape index (κ2) is 6.91. The van der Waals surface area contributed by atoms with E-state index in [-0.39, 0.29) is 12.1 Å². The van der Waals surface area contributed by atoms with Gasteiger partial charge >= 0.3 is 6.03 Å². The molecule has 0 saturated heterocycles. The van der Waals surface area contributed by atoms with Crippen LogP contribution in [-0.4, -0.2) is 31.8 Å². The number of ether oxygens (including phenoxy) is 1. The van der Waals surface area contributed by atoms with Crippen molar-refractivity contribution in [2.75, 3.05) is 19.7 Å². The lowest BCUT2D eigenvalue weighted by molar-refractivity contribution is 0.0776. The highest BCUT2D eigenvalue weighted by Gasteiger charge is 2.02. The summed E-state index contributed by atoms with van der Waals surface area (Å²) < 4.78 is 5.23. The van der Waals surface area contributed by atoms with Crippen molar-refractivity contribution in [3.8, 4) is 0 Å². The molecule has 0 aromatic carbocycles. The summed E-state index contributed by atoms with van der Waals surface area (Å²) in [4.78, 5) is 10.9. The van der Waals surface area contributed by atoms with E-state index < -0.39 is 0 Å². The van der Waals surface area contributed by atoms with E-state index in [0.29, 0.717) is 19.7 Å². The molecule has 1 unspecified atom stereocenters. The Labute approximate surface area is 73.7 Å². The van der Waals surface area contributed by atoms with Gasteiger partial charge in [0.1, 0.15) is 0 Å². The fraction of sp³-hybridized carbons (Fsp3) is 0.875. The highest BCUT2D eigenvalue weighted by Crippen LogP contribution is 1.86. The van der Waals surface area contributed by atoms with Crippen molar-refractivity contribution in [2.24, 2.45) is 0 Å². The molecular formula is C8H18N2O2. The monoisotopic (exact) mass is 174 g/mol. The molecule has 0 aliphatic rings. The van der Waals surface area contributed by atoms with Gasteiger partial charge < -0.3 is 15.4 Å². The molecule has 12 heavy (non-hydrogen) atoms. The van der Waals surface area contributed by atoms with Gasteiger partial charge in [-0.05, 0) is 20.8 Å². The van der Waals surface area contributed by atoms with E-state index in [2.05, 4.69) is 10.6 Å². The molecule has 0 saturated carbocycles. The van der Waals surface area contributed by atoms with Crippen LogP contribution in [0.3, 0.4) is 0 Å². The minimum absolute atomic E-state index is 0.0811. The number of carbonyl (C=O) groups is 1. The molecule has 0 rings (SSSR count). The summed E-state index contributed by atoms with van der Waals surface area (Å²) in [5.74, 6) is 0. The van der Waals surface area contributed by atoms with Crippen LogP contribution in [0.25, 0.3) is 0 Å². The van der Waals surface area contributed by atoms with Gasteiger partial charge in [-0.1, -0.05) is 0 Å². The molecule has 4 nitrogen and oxygen atoms in total. The van der Waals surface area contributed by atoms with E-state index in [1.165, 1.54) is 0 Å². The first kappa shape index (κ1) is 11.2. The number of rotatable bonds is 5. The topological polar surface area (TPSA) is 50.4 Å². The first-order chi connectivity index (χ1) is 5.70. The molecule has 4 heteroatoms. The molecule has 72 valence electrons. The molecule has 0 aromatic heterocycles. The third kappa shape index (κ3) is 5.97. The van der Waals surface area contributed by atoms with Gasteiger partial charge in [0.2, 0.25) is 0 Å². The summed E-state index contributed by atoms with van der Waals surface area (Å²) in [6.07, 6.45) is 0.0811. The fourth-order valence-electron chi connectivity index (χ4n) is 0.803. The zero-order valence-electron chi connectivity index (χ0n) is 8.02. The van der Waals surface area contributed by atoms with Gasteiger partial charge in [0.15, 0.2) is 0 Å². The van der Waals surface area contributed by atoms with Crippen molar-refractivity contribution in [2.45, 2.75) is 26.9 Å². The minimum atomic E-state index is -0.135. The standard InChI is InChI=1S/C8H18N2O2/c1-4-9-8(11)10-6-7(3)12-5-2/h7H,4-6H2,1-3H3,(H2,9,10,11). The summed E-state index contributed by atoms with van der Waals surface area (Å²) in [5, 5.41) is 5.33. The smallest absolute Gasteiger partial charge is 0.314 e. The summed E-state index contributed by atoms with van der Waals surface area (Å²) in [6, 6.07) is -0.135. The number of amides is 2. The van der Waals surface area contributed by atoms with Crippen LogP contribution in [0.4, 0.5) is 4.79 Å². The minimum Gasteiger partial charge on any atom is -0.377 e. The van der Waals surface area contributed by atoms with Gasteiger partial charge in [0, 0.05) is 19.7 Å². The number of hydrogen-bond donors (Lipinski definition) is 2. The Morgan fingerprint density at radius 3 is 2.58 bits per heavy atom. The number of nitrogens with one attached hydrogen (secondary N) is 2. The van der Waals surface area contributed by atoms with Crippen molar-refractivity contribution < 1.29 is 9.53 Å². The van der Waals surface area contributed by atoms with Gasteiger partial charge in [0.05, 0.1) is 6.10 Å². The quantitative estimate of drug-likeness (QED) is 0.645. The lowest BCUT2D eigenvalue weighted by Crippen LogP contribution is -2.39. The fourth-order valence-corrected chi connectivity index (χ4v) is 0.803. The Hall–Kier alpha value is -0.770. The van der Waals surface area contributed by atoms with E-state index >= 15 is 0 Å².